The van der Waals surface area contributed by atoms with Crippen LogP contribution in [0.5, 0.6) is 0 Å². The second kappa shape index (κ2) is 8.76. The van der Waals surface area contributed by atoms with Crippen LogP contribution in [0.3, 0.4) is 0 Å². The highest BCUT2D eigenvalue weighted by Gasteiger charge is 2.33. The summed E-state index contributed by atoms with van der Waals surface area (Å²) in [5.74, 6) is 0.395. The van der Waals surface area contributed by atoms with Gasteiger partial charge in [0.2, 0.25) is 5.91 Å². The standard InChI is InChI=1S/C12H24N2O3S.ClH/c1-2-3-8-14(12(15)5-4-7-13)11-6-9-18(16,17)10-11;/h11H,2-10,13H2,1H3;1H. The second-order valence-corrected chi connectivity index (χ2v) is 7.12. The van der Waals surface area contributed by atoms with Gasteiger partial charge in [-0.3, -0.25) is 4.79 Å². The predicted octanol–water partition coefficient (Wildman–Crippen LogP) is 0.963. The SMILES string of the molecule is CCCCN(C(=O)CCCN)C1CCS(=O)(=O)C1.Cl. The number of nitrogens with two attached hydrogens (primary N) is 1. The third-order valence-electron chi connectivity index (χ3n) is 3.32. The van der Waals surface area contributed by atoms with Crippen molar-refractivity contribution >= 4 is 28.2 Å². The molecule has 0 bridgehead atoms. The number of unbranched alkanes of at least 4 members (excludes halogenated alkanes) is 1. The Labute approximate surface area is 122 Å². The van der Waals surface area contributed by atoms with Crippen molar-refractivity contribution in [2.24, 2.45) is 5.73 Å². The zero-order valence-electron chi connectivity index (χ0n) is 11.5. The lowest BCUT2D eigenvalue weighted by Crippen LogP contribution is -2.41. The molecule has 1 aliphatic heterocycles. The zero-order chi connectivity index (χ0) is 13.6. The van der Waals surface area contributed by atoms with E-state index >= 15 is 0 Å². The predicted molar refractivity (Wildman–Crippen MR) is 79.2 cm³/mol. The largest absolute Gasteiger partial charge is 0.339 e. The normalized spacial score (nSPS) is 20.8. The van der Waals surface area contributed by atoms with Gasteiger partial charge < -0.3 is 10.6 Å². The molecule has 0 aliphatic carbocycles. The number of nitrogens with zero attached hydrogens (tertiary/aromatic N) is 1. The summed E-state index contributed by atoms with van der Waals surface area (Å²) in [6.45, 7) is 3.23. The molecule has 1 saturated heterocycles. The molecule has 0 saturated carbocycles. The Morgan fingerprint density at radius 2 is 2.05 bits per heavy atom. The molecule has 0 radical (unpaired) electrons. The van der Waals surface area contributed by atoms with Gasteiger partial charge >= 0.3 is 0 Å². The van der Waals surface area contributed by atoms with Crippen LogP contribution in [0, 0.1) is 0 Å². The van der Waals surface area contributed by atoms with Crippen LogP contribution in [0.2, 0.25) is 0 Å². The lowest BCUT2D eigenvalue weighted by Gasteiger charge is -2.28. The fourth-order valence-electron chi connectivity index (χ4n) is 2.26. The molecule has 0 aromatic heterocycles. The summed E-state index contributed by atoms with van der Waals surface area (Å²) in [7, 11) is -2.94. The molecule has 1 atom stereocenters. The van der Waals surface area contributed by atoms with Gasteiger partial charge in [0.25, 0.3) is 0 Å². The number of hydrogen-bond donors (Lipinski definition) is 1. The molecule has 7 heteroatoms. The van der Waals surface area contributed by atoms with Crippen LogP contribution in [-0.4, -0.2) is 49.9 Å². The first kappa shape index (κ1) is 18.7. The molecule has 114 valence electrons. The number of halogens is 1. The molecule has 1 rings (SSSR count). The van der Waals surface area contributed by atoms with Crippen molar-refractivity contribution in [2.75, 3.05) is 24.6 Å². The Morgan fingerprint density at radius 3 is 2.53 bits per heavy atom. The molecule has 1 amide bonds. The quantitative estimate of drug-likeness (QED) is 0.759. The van der Waals surface area contributed by atoms with Gasteiger partial charge in [-0.15, -0.1) is 12.4 Å². The lowest BCUT2D eigenvalue weighted by molar-refractivity contribution is -0.133. The van der Waals surface area contributed by atoms with E-state index in [-0.39, 0.29) is 35.9 Å². The Hall–Kier alpha value is -0.330. The lowest BCUT2D eigenvalue weighted by atomic mass is 10.1. The number of hydrogen-bond acceptors (Lipinski definition) is 4. The Kier molecular flexibility index (Phi) is 8.61. The molecule has 5 nitrogen and oxygen atoms in total. The van der Waals surface area contributed by atoms with Gasteiger partial charge in [-0.25, -0.2) is 8.42 Å². The van der Waals surface area contributed by atoms with E-state index < -0.39 is 9.84 Å². The van der Waals surface area contributed by atoms with Gasteiger partial charge in [0.05, 0.1) is 11.5 Å². The minimum Gasteiger partial charge on any atom is -0.339 e. The van der Waals surface area contributed by atoms with Gasteiger partial charge in [0, 0.05) is 19.0 Å². The second-order valence-electron chi connectivity index (χ2n) is 4.89. The van der Waals surface area contributed by atoms with Crippen LogP contribution < -0.4 is 5.73 Å². The summed E-state index contributed by atoms with van der Waals surface area (Å²) in [4.78, 5) is 13.8. The van der Waals surface area contributed by atoms with E-state index in [1.54, 1.807) is 4.90 Å². The highest BCUT2D eigenvalue weighted by molar-refractivity contribution is 7.91. The van der Waals surface area contributed by atoms with Crippen LogP contribution in [0.4, 0.5) is 0 Å². The van der Waals surface area contributed by atoms with Crippen molar-refractivity contribution in [2.45, 2.75) is 45.1 Å². The highest BCUT2D eigenvalue weighted by atomic mass is 35.5. The van der Waals surface area contributed by atoms with Crippen molar-refractivity contribution in [1.29, 1.82) is 0 Å². The molecule has 19 heavy (non-hydrogen) atoms. The molecule has 0 spiro atoms. The molecular formula is C12H25ClN2O3S. The van der Waals surface area contributed by atoms with Crippen LogP contribution in [0.25, 0.3) is 0 Å². The molecular weight excluding hydrogens is 288 g/mol. The summed E-state index contributed by atoms with van der Waals surface area (Å²) in [6, 6.07) is -0.119. The fourth-order valence-corrected chi connectivity index (χ4v) is 3.99. The monoisotopic (exact) mass is 312 g/mol. The van der Waals surface area contributed by atoms with Crippen molar-refractivity contribution < 1.29 is 13.2 Å². The smallest absolute Gasteiger partial charge is 0.222 e. The molecule has 1 aliphatic rings. The molecule has 1 fully saturated rings. The highest BCUT2D eigenvalue weighted by Crippen LogP contribution is 2.19. The van der Waals surface area contributed by atoms with Crippen molar-refractivity contribution in [3.8, 4) is 0 Å². The molecule has 2 N–H and O–H groups in total. The van der Waals surface area contributed by atoms with E-state index in [9.17, 15) is 13.2 Å². The summed E-state index contributed by atoms with van der Waals surface area (Å²) in [5, 5.41) is 0. The Bertz CT molecular complexity index is 373. The summed E-state index contributed by atoms with van der Waals surface area (Å²) < 4.78 is 23.0. The summed E-state index contributed by atoms with van der Waals surface area (Å²) >= 11 is 0. The van der Waals surface area contributed by atoms with E-state index in [1.165, 1.54) is 0 Å². The first-order chi connectivity index (χ1) is 8.50. The number of sulfone groups is 1. The summed E-state index contributed by atoms with van der Waals surface area (Å²) in [5.41, 5.74) is 5.41. The Morgan fingerprint density at radius 1 is 1.37 bits per heavy atom. The molecule has 0 aromatic carbocycles. The van der Waals surface area contributed by atoms with Crippen molar-refractivity contribution in [1.82, 2.24) is 4.90 Å². The maximum atomic E-state index is 12.1. The van der Waals surface area contributed by atoms with E-state index in [1.807, 2.05) is 0 Å². The average molecular weight is 313 g/mol. The third kappa shape index (κ3) is 6.10. The Balaban J connectivity index is 0.00000324. The fraction of sp³-hybridized carbons (Fsp3) is 0.917. The number of rotatable bonds is 7. The number of carbonyl (C=O) groups excluding carboxylic acids is 1. The number of amides is 1. The van der Waals surface area contributed by atoms with E-state index in [2.05, 4.69) is 6.92 Å². The van der Waals surface area contributed by atoms with E-state index in [4.69, 9.17) is 5.73 Å². The maximum Gasteiger partial charge on any atom is 0.222 e. The zero-order valence-corrected chi connectivity index (χ0v) is 13.1. The topological polar surface area (TPSA) is 80.5 Å². The van der Waals surface area contributed by atoms with Crippen LogP contribution in [-0.2, 0) is 14.6 Å². The maximum absolute atomic E-state index is 12.1. The first-order valence-corrected chi connectivity index (χ1v) is 8.52. The minimum atomic E-state index is -2.94. The van der Waals surface area contributed by atoms with Gasteiger partial charge in [-0.1, -0.05) is 13.3 Å². The average Bonchev–Trinajstić information content (AvgIpc) is 2.67. The minimum absolute atomic E-state index is 0. The van der Waals surface area contributed by atoms with Crippen LogP contribution in [0.1, 0.15) is 39.0 Å². The van der Waals surface area contributed by atoms with Gasteiger partial charge in [-0.05, 0) is 25.8 Å². The third-order valence-corrected chi connectivity index (χ3v) is 5.07. The van der Waals surface area contributed by atoms with E-state index in [0.29, 0.717) is 32.4 Å². The molecule has 1 heterocycles. The van der Waals surface area contributed by atoms with Gasteiger partial charge in [0.15, 0.2) is 9.84 Å². The van der Waals surface area contributed by atoms with Crippen molar-refractivity contribution in [3.05, 3.63) is 0 Å². The van der Waals surface area contributed by atoms with E-state index in [0.717, 1.165) is 12.8 Å². The molecule has 1 unspecified atom stereocenters. The van der Waals surface area contributed by atoms with Crippen molar-refractivity contribution in [3.63, 3.8) is 0 Å². The van der Waals surface area contributed by atoms with Gasteiger partial charge in [-0.2, -0.15) is 0 Å². The van der Waals surface area contributed by atoms with Crippen LogP contribution >= 0.6 is 12.4 Å². The first-order valence-electron chi connectivity index (χ1n) is 6.70. The van der Waals surface area contributed by atoms with Crippen LogP contribution in [0.15, 0.2) is 0 Å². The molecule has 0 aromatic rings. The number of carbonyl (C=O) groups is 1. The van der Waals surface area contributed by atoms with Gasteiger partial charge in [0.1, 0.15) is 0 Å². The summed E-state index contributed by atoms with van der Waals surface area (Å²) in [6.07, 6.45) is 3.60.